The van der Waals surface area contributed by atoms with Crippen LogP contribution in [-0.4, -0.2) is 16.7 Å². The molecule has 106 valence electrons. The highest BCUT2D eigenvalue weighted by Crippen LogP contribution is 2.34. The summed E-state index contributed by atoms with van der Waals surface area (Å²) in [6, 6.07) is 0.0455. The lowest BCUT2D eigenvalue weighted by atomic mass is 10.1. The van der Waals surface area contributed by atoms with Gasteiger partial charge in [-0.25, -0.2) is 9.78 Å². The second kappa shape index (κ2) is 5.46. The number of hydrogen-bond donors (Lipinski definition) is 2. The van der Waals surface area contributed by atoms with Crippen LogP contribution in [0.25, 0.3) is 0 Å². The van der Waals surface area contributed by atoms with Crippen molar-refractivity contribution in [2.24, 2.45) is 5.73 Å². The number of amides is 1. The topological polar surface area (TPSA) is 77.2 Å². The molecule has 1 unspecified atom stereocenters. The average Bonchev–Trinajstić information content (AvgIpc) is 2.57. The molecular weight excluding hydrogens is 262 g/mol. The van der Waals surface area contributed by atoms with Crippen LogP contribution in [-0.2, 0) is 11.2 Å². The maximum Gasteiger partial charge on any atom is 0.413 e. The van der Waals surface area contributed by atoms with E-state index in [1.165, 1.54) is 11.3 Å². The predicted molar refractivity (Wildman–Crippen MR) is 76.5 cm³/mol. The van der Waals surface area contributed by atoms with E-state index in [1.54, 1.807) is 0 Å². The van der Waals surface area contributed by atoms with Crippen LogP contribution >= 0.6 is 11.3 Å². The molecule has 1 aliphatic rings. The number of carbonyl (C=O) groups is 1. The zero-order valence-electron chi connectivity index (χ0n) is 11.7. The number of ether oxygens (including phenoxy) is 1. The van der Waals surface area contributed by atoms with E-state index in [-0.39, 0.29) is 6.04 Å². The third-order valence-corrected chi connectivity index (χ3v) is 4.00. The van der Waals surface area contributed by atoms with Gasteiger partial charge in [-0.1, -0.05) is 17.8 Å². The Kier molecular flexibility index (Phi) is 4.10. The highest BCUT2D eigenvalue weighted by atomic mass is 32.1. The Morgan fingerprint density at radius 3 is 2.89 bits per heavy atom. The Bertz CT molecular complexity index is 465. The molecule has 1 aromatic rings. The number of nitrogens with zero attached hydrogens (tertiary/aromatic N) is 1. The van der Waals surface area contributed by atoms with E-state index in [9.17, 15) is 4.79 Å². The molecule has 0 saturated heterocycles. The summed E-state index contributed by atoms with van der Waals surface area (Å²) in [4.78, 5) is 17.3. The van der Waals surface area contributed by atoms with E-state index in [1.807, 2.05) is 20.8 Å². The summed E-state index contributed by atoms with van der Waals surface area (Å²) in [7, 11) is 0. The molecule has 0 aromatic carbocycles. The minimum Gasteiger partial charge on any atom is -0.444 e. The fourth-order valence-electron chi connectivity index (χ4n) is 2.06. The fourth-order valence-corrected chi connectivity index (χ4v) is 3.10. The fraction of sp³-hybridized carbons (Fsp3) is 0.692. The smallest absolute Gasteiger partial charge is 0.413 e. The van der Waals surface area contributed by atoms with Crippen molar-refractivity contribution in [2.45, 2.75) is 58.1 Å². The van der Waals surface area contributed by atoms with Gasteiger partial charge in [0.25, 0.3) is 0 Å². The number of fused-ring (bicyclic) bond motifs is 1. The van der Waals surface area contributed by atoms with Crippen LogP contribution in [0.2, 0.25) is 0 Å². The number of anilines is 1. The number of thiazole rings is 1. The minimum absolute atomic E-state index is 0.0455. The Morgan fingerprint density at radius 1 is 1.47 bits per heavy atom. The minimum atomic E-state index is -0.505. The molecule has 0 saturated carbocycles. The second-order valence-electron chi connectivity index (χ2n) is 5.81. The van der Waals surface area contributed by atoms with Gasteiger partial charge < -0.3 is 10.5 Å². The lowest BCUT2D eigenvalue weighted by Crippen LogP contribution is -2.27. The first-order valence-electron chi connectivity index (χ1n) is 6.60. The predicted octanol–water partition coefficient (Wildman–Crippen LogP) is 3.22. The van der Waals surface area contributed by atoms with Gasteiger partial charge >= 0.3 is 6.09 Å². The normalized spacial score (nSPS) is 19.5. The second-order valence-corrected chi connectivity index (χ2v) is 6.84. The van der Waals surface area contributed by atoms with Crippen molar-refractivity contribution in [3.05, 3.63) is 10.6 Å². The number of nitrogens with one attached hydrogen (secondary N) is 1. The van der Waals surface area contributed by atoms with Crippen molar-refractivity contribution in [3.63, 3.8) is 0 Å². The maximum absolute atomic E-state index is 11.7. The lowest BCUT2D eigenvalue weighted by Gasteiger charge is -2.18. The van der Waals surface area contributed by atoms with E-state index in [4.69, 9.17) is 10.5 Å². The molecule has 5 nitrogen and oxygen atoms in total. The molecule has 0 aliphatic heterocycles. The number of nitrogens with two attached hydrogens (primary N) is 1. The van der Waals surface area contributed by atoms with Gasteiger partial charge in [0, 0.05) is 10.9 Å². The van der Waals surface area contributed by atoms with Gasteiger partial charge in [0.05, 0.1) is 5.69 Å². The summed E-state index contributed by atoms with van der Waals surface area (Å²) in [5, 5.41) is 3.27. The van der Waals surface area contributed by atoms with Gasteiger partial charge in [-0.3, -0.25) is 5.32 Å². The molecule has 1 atom stereocenters. The lowest BCUT2D eigenvalue weighted by molar-refractivity contribution is 0.0636. The molecule has 0 spiro atoms. The van der Waals surface area contributed by atoms with Gasteiger partial charge in [0.1, 0.15) is 5.60 Å². The van der Waals surface area contributed by atoms with Crippen LogP contribution in [0.5, 0.6) is 0 Å². The Morgan fingerprint density at radius 2 is 2.21 bits per heavy atom. The third kappa shape index (κ3) is 3.91. The van der Waals surface area contributed by atoms with Gasteiger partial charge in [0.2, 0.25) is 0 Å². The van der Waals surface area contributed by atoms with Crippen LogP contribution in [0.3, 0.4) is 0 Å². The highest BCUT2D eigenvalue weighted by molar-refractivity contribution is 7.16. The molecular formula is C13H21N3O2S. The number of carbonyl (C=O) groups excluding carboxylic acids is 1. The summed E-state index contributed by atoms with van der Waals surface area (Å²) in [5.41, 5.74) is 6.64. The summed E-state index contributed by atoms with van der Waals surface area (Å²) >= 11 is 1.46. The van der Waals surface area contributed by atoms with E-state index < -0.39 is 11.7 Å². The Hall–Kier alpha value is -1.14. The van der Waals surface area contributed by atoms with Crippen molar-refractivity contribution < 1.29 is 9.53 Å². The van der Waals surface area contributed by atoms with Crippen LogP contribution < -0.4 is 11.1 Å². The van der Waals surface area contributed by atoms with Gasteiger partial charge in [-0.05, 0) is 40.0 Å². The van der Waals surface area contributed by atoms with Crippen molar-refractivity contribution in [2.75, 3.05) is 5.32 Å². The number of aromatic nitrogens is 1. The molecule has 0 fully saturated rings. The molecule has 1 aromatic heterocycles. The van der Waals surface area contributed by atoms with Crippen molar-refractivity contribution in [1.82, 2.24) is 4.98 Å². The quantitative estimate of drug-likeness (QED) is 0.776. The summed E-state index contributed by atoms with van der Waals surface area (Å²) in [6.45, 7) is 5.50. The number of aryl methyl sites for hydroxylation is 1. The van der Waals surface area contributed by atoms with E-state index in [2.05, 4.69) is 10.3 Å². The summed E-state index contributed by atoms with van der Waals surface area (Å²) in [5.74, 6) is 0. The molecule has 0 bridgehead atoms. The number of rotatable bonds is 1. The molecule has 0 radical (unpaired) electrons. The van der Waals surface area contributed by atoms with E-state index >= 15 is 0 Å². The molecule has 1 aliphatic carbocycles. The van der Waals surface area contributed by atoms with Gasteiger partial charge in [-0.2, -0.15) is 0 Å². The molecule has 1 heterocycles. The Balaban J connectivity index is 2.07. The summed E-state index contributed by atoms with van der Waals surface area (Å²) in [6.07, 6.45) is 3.70. The van der Waals surface area contributed by atoms with Crippen LogP contribution in [0.15, 0.2) is 0 Å². The van der Waals surface area contributed by atoms with Crippen LogP contribution in [0.4, 0.5) is 9.93 Å². The van der Waals surface area contributed by atoms with Crippen LogP contribution in [0, 0.1) is 0 Å². The first-order valence-corrected chi connectivity index (χ1v) is 7.42. The van der Waals surface area contributed by atoms with Crippen molar-refractivity contribution in [1.29, 1.82) is 0 Å². The first-order chi connectivity index (χ1) is 8.85. The zero-order valence-corrected chi connectivity index (χ0v) is 12.5. The van der Waals surface area contributed by atoms with E-state index in [0.717, 1.165) is 36.3 Å². The molecule has 6 heteroatoms. The SMILES string of the molecule is CC(C)(C)OC(=O)Nc1nc2c(s1)C(N)CCCC2. The van der Waals surface area contributed by atoms with Gasteiger partial charge in [0.15, 0.2) is 5.13 Å². The number of hydrogen-bond acceptors (Lipinski definition) is 5. The van der Waals surface area contributed by atoms with Crippen LogP contribution in [0.1, 0.15) is 56.6 Å². The molecule has 1 amide bonds. The largest absolute Gasteiger partial charge is 0.444 e. The Labute approximate surface area is 117 Å². The zero-order chi connectivity index (χ0) is 14.0. The van der Waals surface area contributed by atoms with E-state index in [0.29, 0.717) is 5.13 Å². The highest BCUT2D eigenvalue weighted by Gasteiger charge is 2.22. The maximum atomic E-state index is 11.7. The summed E-state index contributed by atoms with van der Waals surface area (Å²) < 4.78 is 5.21. The molecule has 2 rings (SSSR count). The standard InChI is InChI=1S/C13H21N3O2S/c1-13(2,3)18-12(17)16-11-15-9-7-5-4-6-8(14)10(9)19-11/h8H,4-7,14H2,1-3H3,(H,15,16,17). The monoisotopic (exact) mass is 283 g/mol. The first kappa shape index (κ1) is 14.3. The van der Waals surface area contributed by atoms with Crippen molar-refractivity contribution in [3.8, 4) is 0 Å². The third-order valence-electron chi connectivity index (χ3n) is 2.85. The van der Waals surface area contributed by atoms with Crippen molar-refractivity contribution >= 4 is 22.6 Å². The molecule has 19 heavy (non-hydrogen) atoms. The van der Waals surface area contributed by atoms with Gasteiger partial charge in [-0.15, -0.1) is 0 Å². The molecule has 3 N–H and O–H groups in total. The average molecular weight is 283 g/mol.